The molecule has 15 rings (SSSR count). The molecule has 0 bridgehead atoms. The van der Waals surface area contributed by atoms with Gasteiger partial charge in [-0.15, -0.1) is 0 Å². The summed E-state index contributed by atoms with van der Waals surface area (Å²) in [4.78, 5) is 11.8. The molecule has 0 N–H and O–H groups in total. The molecule has 0 radical (unpaired) electrons. The van der Waals surface area contributed by atoms with Gasteiger partial charge in [0.2, 0.25) is 5.96 Å². The van der Waals surface area contributed by atoms with Crippen molar-refractivity contribution in [2.45, 2.75) is 25.8 Å². The van der Waals surface area contributed by atoms with Crippen LogP contribution in [0.1, 0.15) is 36.9 Å². The lowest BCUT2D eigenvalue weighted by Gasteiger charge is -2.25. The number of fused-ring (bicyclic) bond motifs is 14. The summed E-state index contributed by atoms with van der Waals surface area (Å²) in [6, 6.07) is 71.8. The Bertz CT molecular complexity index is 4390. The maximum atomic E-state index is 7.14. The second kappa shape index (κ2) is 14.6. The van der Waals surface area contributed by atoms with Gasteiger partial charge in [0.15, 0.2) is 0 Å². The van der Waals surface area contributed by atoms with Crippen molar-refractivity contribution in [1.29, 1.82) is 0 Å². The molecular formula is C63H42N4O2. The summed E-state index contributed by atoms with van der Waals surface area (Å²) >= 11 is 0. The fraction of sp³-hybridized carbons (Fsp3) is 0.0794. The molecule has 69 heavy (non-hydrogen) atoms. The van der Waals surface area contributed by atoms with Gasteiger partial charge in [-0.25, -0.2) is 9.98 Å². The summed E-state index contributed by atoms with van der Waals surface area (Å²) in [5.41, 5.74) is 11.9. The van der Waals surface area contributed by atoms with Crippen LogP contribution in [0, 0.1) is 5.92 Å². The van der Waals surface area contributed by atoms with Gasteiger partial charge in [0.1, 0.15) is 22.3 Å². The van der Waals surface area contributed by atoms with E-state index in [1.54, 1.807) is 0 Å². The van der Waals surface area contributed by atoms with Crippen LogP contribution in [-0.4, -0.2) is 20.8 Å². The first-order valence-electron chi connectivity index (χ1n) is 24.0. The average molecular weight is 887 g/mol. The summed E-state index contributed by atoms with van der Waals surface area (Å²) < 4.78 is 18.2. The van der Waals surface area contributed by atoms with Crippen LogP contribution in [0.15, 0.2) is 219 Å². The lowest BCUT2D eigenvalue weighted by molar-refractivity contribution is 0.553. The summed E-state index contributed by atoms with van der Waals surface area (Å²) in [7, 11) is 0. The Hall–Kier alpha value is -8.74. The van der Waals surface area contributed by atoms with Gasteiger partial charge in [-0.05, 0) is 119 Å². The van der Waals surface area contributed by atoms with E-state index in [2.05, 4.69) is 204 Å². The first kappa shape index (κ1) is 38.4. The van der Waals surface area contributed by atoms with E-state index >= 15 is 0 Å². The highest BCUT2D eigenvalue weighted by Crippen LogP contribution is 2.43. The van der Waals surface area contributed by atoms with E-state index in [0.29, 0.717) is 5.96 Å². The average Bonchev–Trinajstić information content (AvgIpc) is 4.14. The van der Waals surface area contributed by atoms with Crippen molar-refractivity contribution in [3.05, 3.63) is 211 Å². The van der Waals surface area contributed by atoms with Crippen LogP contribution >= 0.6 is 0 Å². The summed E-state index contributed by atoms with van der Waals surface area (Å²) in [5, 5.41) is 13.9. The van der Waals surface area contributed by atoms with Crippen LogP contribution in [0.4, 0.5) is 0 Å². The van der Waals surface area contributed by atoms with Crippen LogP contribution < -0.4 is 0 Å². The predicted octanol–water partition coefficient (Wildman–Crippen LogP) is 16.9. The van der Waals surface area contributed by atoms with Crippen molar-refractivity contribution in [3.8, 4) is 5.69 Å². The molecule has 0 saturated heterocycles. The largest absolute Gasteiger partial charge is 0.456 e. The van der Waals surface area contributed by atoms with E-state index in [1.807, 2.05) is 12.1 Å². The van der Waals surface area contributed by atoms with E-state index in [9.17, 15) is 0 Å². The smallest absolute Gasteiger partial charge is 0.230 e. The summed E-state index contributed by atoms with van der Waals surface area (Å²) in [6.45, 7) is 2.34. The zero-order chi connectivity index (χ0) is 45.3. The minimum Gasteiger partial charge on any atom is -0.456 e. The van der Waals surface area contributed by atoms with E-state index in [0.717, 1.165) is 112 Å². The molecule has 5 heterocycles. The van der Waals surface area contributed by atoms with Crippen molar-refractivity contribution < 1.29 is 8.83 Å². The van der Waals surface area contributed by atoms with E-state index < -0.39 is 0 Å². The number of furan rings is 2. The maximum absolute atomic E-state index is 7.14. The summed E-state index contributed by atoms with van der Waals surface area (Å²) in [5.74, 6) is 0.645. The van der Waals surface area contributed by atoms with Crippen LogP contribution in [0.25, 0.3) is 115 Å². The number of nitrogens with zero attached hydrogens (tertiary/aromatic N) is 4. The molecule has 1 aliphatic rings. The number of aromatic nitrogens is 2. The Morgan fingerprint density at radius 3 is 1.61 bits per heavy atom. The molecule has 326 valence electrons. The first-order chi connectivity index (χ1) is 34.1. The maximum Gasteiger partial charge on any atom is 0.230 e. The molecule has 0 fully saturated rings. The van der Waals surface area contributed by atoms with Crippen molar-refractivity contribution >= 4 is 121 Å². The van der Waals surface area contributed by atoms with Gasteiger partial charge in [0, 0.05) is 43.1 Å². The van der Waals surface area contributed by atoms with Gasteiger partial charge >= 0.3 is 0 Å². The van der Waals surface area contributed by atoms with Gasteiger partial charge in [-0.3, -0.25) is 4.57 Å². The minimum atomic E-state index is -0.175. The highest BCUT2D eigenvalue weighted by Gasteiger charge is 2.30. The monoisotopic (exact) mass is 886 g/mol. The molecule has 0 saturated carbocycles. The molecule has 2 unspecified atom stereocenters. The van der Waals surface area contributed by atoms with E-state index in [-0.39, 0.29) is 12.0 Å². The molecule has 0 spiro atoms. The topological polar surface area (TPSA) is 60.9 Å². The third-order valence-corrected chi connectivity index (χ3v) is 14.9. The number of benzene rings is 10. The second-order valence-corrected chi connectivity index (χ2v) is 18.8. The van der Waals surface area contributed by atoms with Gasteiger partial charge in [-0.1, -0.05) is 134 Å². The van der Waals surface area contributed by atoms with Gasteiger partial charge in [-0.2, -0.15) is 0 Å². The number of rotatable bonds is 3. The third-order valence-electron chi connectivity index (χ3n) is 14.9. The highest BCUT2D eigenvalue weighted by atomic mass is 16.3. The van der Waals surface area contributed by atoms with Gasteiger partial charge < -0.3 is 13.4 Å². The number of hydrogen-bond acceptors (Lipinski definition) is 4. The normalized spacial score (nSPS) is 16.0. The molecule has 4 aromatic heterocycles. The molecule has 14 aromatic rings. The minimum absolute atomic E-state index is 0.00288. The molecule has 0 aliphatic carbocycles. The quantitative estimate of drug-likeness (QED) is 0.177. The predicted molar refractivity (Wildman–Crippen MR) is 287 cm³/mol. The zero-order valence-electron chi connectivity index (χ0n) is 37.7. The molecule has 0 amide bonds. The zero-order valence-corrected chi connectivity index (χ0v) is 37.7. The van der Waals surface area contributed by atoms with Crippen LogP contribution in [0.5, 0.6) is 0 Å². The number of aliphatic imine (C=N–C) groups is 2. The summed E-state index contributed by atoms with van der Waals surface area (Å²) in [6.07, 6.45) is 1.65. The van der Waals surface area contributed by atoms with Gasteiger partial charge in [0.25, 0.3) is 0 Å². The van der Waals surface area contributed by atoms with Crippen LogP contribution in [-0.2, 0) is 0 Å². The van der Waals surface area contributed by atoms with Crippen LogP contribution in [0.2, 0.25) is 0 Å². The van der Waals surface area contributed by atoms with E-state index in [1.165, 1.54) is 32.3 Å². The molecule has 6 nitrogen and oxygen atoms in total. The molecule has 2 atom stereocenters. The Morgan fingerprint density at radius 2 is 0.957 bits per heavy atom. The SMILES string of the molecule is CC1CCC(c2ccc3oc4ccccc4c3c2)N=C(n2c3ccccc3c3ccccc32)N=C1c1c(-n2c3cc4ccccc4cc3c3cc4ccccc4cc32)ccc2c1oc1ccccc12. The van der Waals surface area contributed by atoms with E-state index in [4.69, 9.17) is 18.8 Å². The van der Waals surface area contributed by atoms with Crippen molar-refractivity contribution in [2.75, 3.05) is 0 Å². The number of para-hydroxylation sites is 4. The third kappa shape index (κ3) is 5.72. The Morgan fingerprint density at radius 1 is 0.420 bits per heavy atom. The standard InChI is InChI=1S/C63H42N4O2/c1-37-26-29-51(42-27-31-59-50(34-42)46-21-9-12-24-57(46)68-59)64-63(67-52-22-10-6-18-43(52)44-19-7-11-23-53(44)67)65-61(37)60-54(30-28-47-45-20-8-13-25-58(45)69-62(47)60)66-55-35-40-16-4-2-14-38(40)32-48(55)49-33-39-15-3-5-17-41(39)36-56(49)66/h2-25,27-28,30-37,51H,26,29H2,1H3. The number of hydrogen-bond donors (Lipinski definition) is 0. The lowest BCUT2D eigenvalue weighted by atomic mass is 9.88. The molecule has 10 aromatic carbocycles. The van der Waals surface area contributed by atoms with Gasteiger partial charge in [0.05, 0.1) is 45.1 Å². The second-order valence-electron chi connectivity index (χ2n) is 18.8. The van der Waals surface area contributed by atoms with Crippen molar-refractivity contribution in [3.63, 3.8) is 0 Å². The molecular weight excluding hydrogens is 845 g/mol. The highest BCUT2D eigenvalue weighted by molar-refractivity contribution is 6.24. The van der Waals surface area contributed by atoms with Crippen LogP contribution in [0.3, 0.4) is 0 Å². The fourth-order valence-corrected chi connectivity index (χ4v) is 11.6. The molecule has 1 aliphatic heterocycles. The van der Waals surface area contributed by atoms with Crippen molar-refractivity contribution in [2.24, 2.45) is 15.9 Å². The Kier molecular flexibility index (Phi) is 8.14. The fourth-order valence-electron chi connectivity index (χ4n) is 11.6. The Labute approximate surface area is 395 Å². The Balaban J connectivity index is 1.06. The first-order valence-corrected chi connectivity index (χ1v) is 24.0. The lowest BCUT2D eigenvalue weighted by Crippen LogP contribution is -2.23. The van der Waals surface area contributed by atoms with Crippen molar-refractivity contribution in [1.82, 2.24) is 9.13 Å². The molecule has 6 heteroatoms.